The van der Waals surface area contributed by atoms with E-state index in [2.05, 4.69) is 5.32 Å². The predicted octanol–water partition coefficient (Wildman–Crippen LogP) is 2.32. The molecule has 1 aliphatic rings. The Hall–Kier alpha value is -1.56. The number of nitrogens with zero attached hydrogens (tertiary/aromatic N) is 1. The van der Waals surface area contributed by atoms with Crippen molar-refractivity contribution in [1.82, 2.24) is 10.2 Å². The third-order valence-corrected chi connectivity index (χ3v) is 3.48. The molecule has 1 amide bonds. The second-order valence-corrected chi connectivity index (χ2v) is 5.18. The van der Waals surface area contributed by atoms with Crippen LogP contribution in [0.5, 0.6) is 0 Å². The van der Waals surface area contributed by atoms with Crippen LogP contribution in [-0.4, -0.2) is 36.0 Å². The number of rotatable bonds is 3. The summed E-state index contributed by atoms with van der Waals surface area (Å²) in [6, 6.07) is 1.56. The van der Waals surface area contributed by atoms with Crippen LogP contribution in [0.25, 0.3) is 0 Å². The second-order valence-electron chi connectivity index (χ2n) is 5.18. The van der Waals surface area contributed by atoms with Crippen LogP contribution in [0.2, 0.25) is 0 Å². The molecule has 0 aromatic heterocycles. The van der Waals surface area contributed by atoms with Crippen molar-refractivity contribution in [2.24, 2.45) is 0 Å². The van der Waals surface area contributed by atoms with Gasteiger partial charge in [-0.3, -0.25) is 4.79 Å². The number of carbonyl (C=O) groups excluding carboxylic acids is 1. The molecule has 1 aliphatic heterocycles. The van der Waals surface area contributed by atoms with Gasteiger partial charge in [0, 0.05) is 18.6 Å². The molecule has 1 saturated heterocycles. The Balaban J connectivity index is 2.35. The van der Waals surface area contributed by atoms with Gasteiger partial charge in [-0.25, -0.2) is 13.2 Å². The van der Waals surface area contributed by atoms with E-state index in [1.54, 1.807) is 0 Å². The van der Waals surface area contributed by atoms with Crippen molar-refractivity contribution < 1.29 is 18.0 Å². The van der Waals surface area contributed by atoms with Crippen LogP contribution in [0.15, 0.2) is 12.1 Å². The molecular weight excluding hydrogens is 269 g/mol. The maximum absolute atomic E-state index is 13.7. The van der Waals surface area contributed by atoms with Crippen molar-refractivity contribution in [2.45, 2.75) is 32.4 Å². The Labute approximate surface area is 115 Å². The number of amides is 1. The highest BCUT2D eigenvalue weighted by molar-refractivity contribution is 5.95. The second kappa shape index (κ2) is 5.83. The normalized spacial score (nSPS) is 18.6. The monoisotopic (exact) mass is 286 g/mol. The highest BCUT2D eigenvalue weighted by atomic mass is 19.2. The van der Waals surface area contributed by atoms with Crippen LogP contribution in [0.4, 0.5) is 13.2 Å². The highest BCUT2D eigenvalue weighted by Gasteiger charge is 2.31. The third kappa shape index (κ3) is 2.65. The fourth-order valence-electron chi connectivity index (χ4n) is 2.53. The fourth-order valence-corrected chi connectivity index (χ4v) is 2.53. The minimum Gasteiger partial charge on any atom is -0.332 e. The molecule has 1 N–H and O–H groups in total. The summed E-state index contributed by atoms with van der Waals surface area (Å²) in [5.74, 6) is -4.93. The number of hydrogen-bond donors (Lipinski definition) is 1. The third-order valence-electron chi connectivity index (χ3n) is 3.48. The van der Waals surface area contributed by atoms with Gasteiger partial charge in [-0.05, 0) is 38.9 Å². The van der Waals surface area contributed by atoms with Crippen LogP contribution in [-0.2, 0) is 0 Å². The van der Waals surface area contributed by atoms with Gasteiger partial charge in [0.1, 0.15) is 0 Å². The Morgan fingerprint density at radius 2 is 2.00 bits per heavy atom. The molecule has 1 heterocycles. The summed E-state index contributed by atoms with van der Waals surface area (Å²) >= 11 is 0. The van der Waals surface area contributed by atoms with E-state index in [1.165, 1.54) is 4.90 Å². The molecule has 2 rings (SSSR count). The molecule has 1 unspecified atom stereocenters. The molecule has 0 bridgehead atoms. The number of carbonyl (C=O) groups is 1. The zero-order valence-corrected chi connectivity index (χ0v) is 11.4. The minimum atomic E-state index is -1.61. The van der Waals surface area contributed by atoms with E-state index >= 15 is 0 Å². The molecule has 6 heteroatoms. The molecule has 1 aromatic carbocycles. The summed E-state index contributed by atoms with van der Waals surface area (Å²) in [5.41, 5.74) is -0.426. The summed E-state index contributed by atoms with van der Waals surface area (Å²) in [6.45, 7) is 5.03. The molecule has 0 radical (unpaired) electrons. The number of benzene rings is 1. The Morgan fingerprint density at radius 1 is 1.30 bits per heavy atom. The number of nitrogens with one attached hydrogen (secondary N) is 1. The lowest BCUT2D eigenvalue weighted by atomic mass is 10.1. The molecule has 0 saturated carbocycles. The quantitative estimate of drug-likeness (QED) is 0.865. The van der Waals surface area contributed by atoms with E-state index in [-0.39, 0.29) is 12.1 Å². The summed E-state index contributed by atoms with van der Waals surface area (Å²) < 4.78 is 39.9. The van der Waals surface area contributed by atoms with Gasteiger partial charge in [-0.2, -0.15) is 0 Å². The predicted molar refractivity (Wildman–Crippen MR) is 68.9 cm³/mol. The lowest BCUT2D eigenvalue weighted by Crippen LogP contribution is -2.46. The maximum atomic E-state index is 13.7. The van der Waals surface area contributed by atoms with Gasteiger partial charge in [0.15, 0.2) is 17.5 Å². The van der Waals surface area contributed by atoms with Crippen molar-refractivity contribution in [3.63, 3.8) is 0 Å². The van der Waals surface area contributed by atoms with Crippen molar-refractivity contribution in [1.29, 1.82) is 0 Å². The van der Waals surface area contributed by atoms with Crippen molar-refractivity contribution in [3.05, 3.63) is 35.1 Å². The van der Waals surface area contributed by atoms with Gasteiger partial charge in [0.05, 0.1) is 5.56 Å². The van der Waals surface area contributed by atoms with Gasteiger partial charge >= 0.3 is 0 Å². The topological polar surface area (TPSA) is 32.3 Å². The van der Waals surface area contributed by atoms with Crippen LogP contribution in [0.3, 0.4) is 0 Å². The largest absolute Gasteiger partial charge is 0.332 e. The first-order valence-corrected chi connectivity index (χ1v) is 6.60. The van der Waals surface area contributed by atoms with E-state index in [0.29, 0.717) is 6.54 Å². The average Bonchev–Trinajstić information content (AvgIpc) is 2.89. The summed E-state index contributed by atoms with van der Waals surface area (Å²) in [5, 5.41) is 3.13. The van der Waals surface area contributed by atoms with Crippen molar-refractivity contribution >= 4 is 5.91 Å². The number of hydrogen-bond acceptors (Lipinski definition) is 2. The van der Waals surface area contributed by atoms with Gasteiger partial charge in [-0.1, -0.05) is 0 Å². The first-order valence-electron chi connectivity index (χ1n) is 6.60. The smallest absolute Gasteiger partial charge is 0.257 e. The van der Waals surface area contributed by atoms with Gasteiger partial charge in [0.25, 0.3) is 5.91 Å². The molecule has 1 fully saturated rings. The van der Waals surface area contributed by atoms with Crippen LogP contribution >= 0.6 is 0 Å². The maximum Gasteiger partial charge on any atom is 0.257 e. The first-order chi connectivity index (χ1) is 9.43. The Bertz CT molecular complexity index is 513. The lowest BCUT2D eigenvalue weighted by molar-refractivity contribution is 0.0620. The fraction of sp³-hybridized carbons (Fsp3) is 0.500. The molecule has 0 spiro atoms. The minimum absolute atomic E-state index is 0.0602. The van der Waals surface area contributed by atoms with Crippen molar-refractivity contribution in [2.75, 3.05) is 13.1 Å². The first kappa shape index (κ1) is 14.8. The van der Waals surface area contributed by atoms with E-state index in [4.69, 9.17) is 0 Å². The Morgan fingerprint density at radius 3 is 2.55 bits per heavy atom. The van der Waals surface area contributed by atoms with Crippen LogP contribution < -0.4 is 5.32 Å². The van der Waals surface area contributed by atoms with Crippen LogP contribution in [0, 0.1) is 17.5 Å². The van der Waals surface area contributed by atoms with Gasteiger partial charge in [0.2, 0.25) is 0 Å². The van der Waals surface area contributed by atoms with Gasteiger partial charge in [-0.15, -0.1) is 0 Å². The lowest BCUT2D eigenvalue weighted by Gasteiger charge is -2.32. The van der Waals surface area contributed by atoms with E-state index < -0.39 is 28.9 Å². The zero-order chi connectivity index (χ0) is 14.9. The molecular formula is C14H17F3N2O. The Kier molecular flexibility index (Phi) is 4.32. The van der Waals surface area contributed by atoms with Gasteiger partial charge < -0.3 is 10.2 Å². The molecule has 1 aromatic rings. The molecule has 20 heavy (non-hydrogen) atoms. The molecule has 110 valence electrons. The molecule has 3 nitrogen and oxygen atoms in total. The summed E-state index contributed by atoms with van der Waals surface area (Å²) in [4.78, 5) is 14.0. The van der Waals surface area contributed by atoms with E-state index in [1.807, 2.05) is 13.8 Å². The average molecular weight is 286 g/mol. The SMILES string of the molecule is CC(C)N(C(=O)c1ccc(F)c(F)c1F)C1CCNC1. The summed E-state index contributed by atoms with van der Waals surface area (Å²) in [7, 11) is 0. The van der Waals surface area contributed by atoms with Crippen LogP contribution in [0.1, 0.15) is 30.6 Å². The highest BCUT2D eigenvalue weighted by Crippen LogP contribution is 2.21. The summed E-state index contributed by atoms with van der Waals surface area (Å²) in [6.07, 6.45) is 0.759. The van der Waals surface area contributed by atoms with E-state index in [9.17, 15) is 18.0 Å². The number of halogens is 3. The molecule has 1 atom stereocenters. The molecule has 0 aliphatic carbocycles. The standard InChI is InChI=1S/C14H17F3N2O/c1-8(2)19(9-5-6-18-7-9)14(20)10-3-4-11(15)13(17)12(10)16/h3-4,8-9,18H,5-7H2,1-2H3. The van der Waals surface area contributed by atoms with Crippen molar-refractivity contribution in [3.8, 4) is 0 Å². The van der Waals surface area contributed by atoms with E-state index in [0.717, 1.165) is 25.1 Å². The zero-order valence-electron chi connectivity index (χ0n) is 11.4.